The maximum atomic E-state index is 13.4. The van der Waals surface area contributed by atoms with Crippen molar-refractivity contribution in [3.8, 4) is 6.07 Å². The molecule has 2 heterocycles. The van der Waals surface area contributed by atoms with E-state index in [1.807, 2.05) is 0 Å². The molecule has 7 nitrogen and oxygen atoms in total. The fourth-order valence-corrected chi connectivity index (χ4v) is 5.94. The molecule has 176 valence electrons. The zero-order valence-electron chi connectivity index (χ0n) is 18.3. The van der Waals surface area contributed by atoms with Crippen LogP contribution in [0.2, 0.25) is 0 Å². The number of carbonyl (C=O) groups excluding carboxylic acids is 1. The van der Waals surface area contributed by atoms with Gasteiger partial charge < -0.3 is 9.80 Å². The number of benzene rings is 1. The number of alkyl halides is 3. The summed E-state index contributed by atoms with van der Waals surface area (Å²) in [6.07, 6.45) is -3.68. The van der Waals surface area contributed by atoms with Gasteiger partial charge >= 0.3 is 6.18 Å². The van der Waals surface area contributed by atoms with Crippen LogP contribution in [0.25, 0.3) is 0 Å². The molecule has 0 radical (unpaired) electrons. The number of carbonyl (C=O) groups is 1. The molecule has 2 fully saturated rings. The molecule has 2 aliphatic rings. The maximum absolute atomic E-state index is 13.4. The van der Waals surface area contributed by atoms with Crippen molar-refractivity contribution in [3.63, 3.8) is 0 Å². The van der Waals surface area contributed by atoms with Gasteiger partial charge in [0.05, 0.1) is 28.9 Å². The van der Waals surface area contributed by atoms with Gasteiger partial charge in [-0.25, -0.2) is 12.7 Å². The van der Waals surface area contributed by atoms with E-state index in [1.54, 1.807) is 32.0 Å². The average molecular weight is 473 g/mol. The van der Waals surface area contributed by atoms with Crippen LogP contribution < -0.4 is 4.90 Å². The van der Waals surface area contributed by atoms with Crippen LogP contribution in [0.4, 0.5) is 18.9 Å². The summed E-state index contributed by atoms with van der Waals surface area (Å²) >= 11 is 0. The Morgan fingerprint density at radius 3 is 2.41 bits per heavy atom. The van der Waals surface area contributed by atoms with Crippen molar-refractivity contribution in [3.05, 3.63) is 29.3 Å². The van der Waals surface area contributed by atoms with E-state index < -0.39 is 38.7 Å². The third kappa shape index (κ3) is 4.43. The fourth-order valence-electron chi connectivity index (χ4n) is 4.75. The first-order valence-corrected chi connectivity index (χ1v) is 12.0. The number of piperidine rings is 1. The highest BCUT2D eigenvalue weighted by molar-refractivity contribution is 7.89. The number of sulfonamides is 1. The summed E-state index contributed by atoms with van der Waals surface area (Å²) in [5.74, 6) is -0.679. The van der Waals surface area contributed by atoms with Gasteiger partial charge in [-0.15, -0.1) is 0 Å². The number of hydrogen-bond donors (Lipinski definition) is 0. The minimum Gasteiger partial charge on any atom is -0.371 e. The van der Waals surface area contributed by atoms with E-state index in [9.17, 15) is 26.4 Å². The molecule has 1 unspecified atom stereocenters. The molecule has 0 aliphatic carbocycles. The standard InChI is InChI=1S/C21H27F3N4O3S/c1-4-32(30,31)28-13-18(19(29)26(2)3)20(14-28)7-9-27(10-8-20)16-6-5-15(12-25)17(11-16)21(22,23)24/h5-6,11,18H,4,7-10,13-14H2,1-3H3. The molecule has 11 heteroatoms. The quantitative estimate of drug-likeness (QED) is 0.673. The van der Waals surface area contributed by atoms with Crippen molar-refractivity contribution in [1.29, 1.82) is 5.26 Å². The zero-order chi connectivity index (χ0) is 23.9. The number of nitrogens with zero attached hydrogens (tertiary/aromatic N) is 4. The Balaban J connectivity index is 1.86. The van der Waals surface area contributed by atoms with Crippen LogP contribution in [0.5, 0.6) is 0 Å². The summed E-state index contributed by atoms with van der Waals surface area (Å²) in [7, 11) is -0.194. The predicted octanol–water partition coefficient (Wildman–Crippen LogP) is 2.53. The first-order chi connectivity index (χ1) is 14.8. The predicted molar refractivity (Wildman–Crippen MR) is 113 cm³/mol. The number of halogens is 3. The third-order valence-electron chi connectivity index (χ3n) is 6.67. The van der Waals surface area contributed by atoms with E-state index in [0.29, 0.717) is 31.6 Å². The van der Waals surface area contributed by atoms with Gasteiger partial charge in [0.25, 0.3) is 0 Å². The van der Waals surface area contributed by atoms with Gasteiger partial charge in [-0.1, -0.05) is 0 Å². The molecule has 1 spiro atoms. The first kappa shape index (κ1) is 24.3. The molecule has 0 N–H and O–H groups in total. The summed E-state index contributed by atoms with van der Waals surface area (Å²) in [4.78, 5) is 16.2. The molecular formula is C21H27F3N4O3S. The van der Waals surface area contributed by atoms with Gasteiger partial charge in [0, 0.05) is 51.4 Å². The number of hydrogen-bond acceptors (Lipinski definition) is 5. The van der Waals surface area contributed by atoms with Crippen molar-refractivity contribution in [2.24, 2.45) is 11.3 Å². The second-order valence-corrected chi connectivity index (χ2v) is 10.9. The topological polar surface area (TPSA) is 84.7 Å². The van der Waals surface area contributed by atoms with E-state index in [4.69, 9.17) is 5.26 Å². The van der Waals surface area contributed by atoms with Crippen molar-refractivity contribution < 1.29 is 26.4 Å². The van der Waals surface area contributed by atoms with Crippen LogP contribution in [0, 0.1) is 22.7 Å². The molecule has 1 atom stereocenters. The van der Waals surface area contributed by atoms with E-state index in [0.717, 1.165) is 6.07 Å². The highest BCUT2D eigenvalue weighted by Crippen LogP contribution is 2.47. The number of rotatable bonds is 4. The summed E-state index contributed by atoms with van der Waals surface area (Å²) in [5, 5.41) is 9.01. The van der Waals surface area contributed by atoms with Gasteiger partial charge in [-0.05, 0) is 38.0 Å². The Kier molecular flexibility index (Phi) is 6.50. The van der Waals surface area contributed by atoms with Gasteiger partial charge in [0.1, 0.15) is 0 Å². The van der Waals surface area contributed by atoms with Crippen molar-refractivity contribution in [1.82, 2.24) is 9.21 Å². The Hall–Kier alpha value is -2.32. The van der Waals surface area contributed by atoms with E-state index in [-0.39, 0.29) is 24.7 Å². The Morgan fingerprint density at radius 1 is 1.28 bits per heavy atom. The number of nitriles is 1. The minimum atomic E-state index is -4.64. The lowest BCUT2D eigenvalue weighted by atomic mass is 9.70. The lowest BCUT2D eigenvalue weighted by molar-refractivity contribution is -0.138. The van der Waals surface area contributed by atoms with Crippen LogP contribution in [0.15, 0.2) is 18.2 Å². The van der Waals surface area contributed by atoms with Gasteiger partial charge in [-0.3, -0.25) is 4.79 Å². The largest absolute Gasteiger partial charge is 0.417 e. The van der Waals surface area contributed by atoms with Crippen LogP contribution in [0.1, 0.15) is 30.9 Å². The second-order valence-electron chi connectivity index (χ2n) is 8.67. The van der Waals surface area contributed by atoms with E-state index in [1.165, 1.54) is 21.3 Å². The number of amides is 1. The van der Waals surface area contributed by atoms with E-state index in [2.05, 4.69) is 0 Å². The Morgan fingerprint density at radius 2 is 1.91 bits per heavy atom. The molecule has 0 saturated carbocycles. The van der Waals surface area contributed by atoms with Crippen molar-refractivity contribution in [2.75, 3.05) is 50.9 Å². The molecule has 1 amide bonds. The SMILES string of the molecule is CCS(=O)(=O)N1CC(C(=O)N(C)C)C2(CCN(c3ccc(C#N)c(C(F)(F)F)c3)CC2)C1. The molecule has 2 aliphatic heterocycles. The lowest BCUT2D eigenvalue weighted by Crippen LogP contribution is -2.48. The summed E-state index contributed by atoms with van der Waals surface area (Å²) in [6.45, 7) is 2.71. The highest BCUT2D eigenvalue weighted by Gasteiger charge is 2.53. The summed E-state index contributed by atoms with van der Waals surface area (Å²) in [6, 6.07) is 5.24. The zero-order valence-corrected chi connectivity index (χ0v) is 19.1. The normalized spacial score (nSPS) is 21.5. The molecule has 3 rings (SSSR count). The Bertz CT molecular complexity index is 1030. The van der Waals surface area contributed by atoms with Crippen molar-refractivity contribution >= 4 is 21.6 Å². The monoisotopic (exact) mass is 472 g/mol. The molecule has 1 aromatic carbocycles. The van der Waals surface area contributed by atoms with Gasteiger partial charge in [0.2, 0.25) is 15.9 Å². The van der Waals surface area contributed by atoms with Crippen LogP contribution in [-0.2, 0) is 21.0 Å². The number of anilines is 1. The average Bonchev–Trinajstić information content (AvgIpc) is 3.12. The first-order valence-electron chi connectivity index (χ1n) is 10.4. The molecule has 32 heavy (non-hydrogen) atoms. The molecule has 1 aromatic rings. The van der Waals surface area contributed by atoms with Crippen LogP contribution in [-0.4, -0.2) is 69.6 Å². The summed E-state index contributed by atoms with van der Waals surface area (Å²) < 4.78 is 66.4. The second kappa shape index (κ2) is 8.56. The molecular weight excluding hydrogens is 445 g/mol. The molecule has 0 aromatic heterocycles. The van der Waals surface area contributed by atoms with Gasteiger partial charge in [0.15, 0.2) is 0 Å². The molecule has 0 bridgehead atoms. The molecule has 2 saturated heterocycles. The summed E-state index contributed by atoms with van der Waals surface area (Å²) in [5.41, 5.74) is -1.60. The smallest absolute Gasteiger partial charge is 0.371 e. The minimum absolute atomic E-state index is 0.0520. The highest BCUT2D eigenvalue weighted by atomic mass is 32.2. The van der Waals surface area contributed by atoms with Crippen LogP contribution >= 0.6 is 0 Å². The maximum Gasteiger partial charge on any atom is 0.417 e. The third-order valence-corrected chi connectivity index (χ3v) is 8.46. The van der Waals surface area contributed by atoms with Crippen molar-refractivity contribution in [2.45, 2.75) is 25.9 Å². The fraction of sp³-hybridized carbons (Fsp3) is 0.619. The van der Waals surface area contributed by atoms with Gasteiger partial charge in [-0.2, -0.15) is 18.4 Å². The Labute approximate surface area is 186 Å². The van der Waals surface area contributed by atoms with Crippen LogP contribution in [0.3, 0.4) is 0 Å². The van der Waals surface area contributed by atoms with E-state index >= 15 is 0 Å². The lowest BCUT2D eigenvalue weighted by Gasteiger charge is -2.43.